The molecule has 0 amide bonds. The Bertz CT molecular complexity index is 371. The van der Waals surface area contributed by atoms with Gasteiger partial charge in [-0.2, -0.15) is 13.2 Å². The molecule has 96 valence electrons. The van der Waals surface area contributed by atoms with Crippen molar-refractivity contribution in [3.8, 4) is 0 Å². The number of alkyl halides is 3. The fourth-order valence-electron chi connectivity index (χ4n) is 1.72. The summed E-state index contributed by atoms with van der Waals surface area (Å²) < 4.78 is 38.1. The van der Waals surface area contributed by atoms with Crippen LogP contribution in [0.2, 0.25) is 0 Å². The molecule has 1 aromatic carbocycles. The van der Waals surface area contributed by atoms with E-state index in [0.717, 1.165) is 16.7 Å². The third-order valence-corrected chi connectivity index (χ3v) is 2.86. The monoisotopic (exact) mass is 245 g/mol. The smallest absolute Gasteiger partial charge is 0.306 e. The summed E-state index contributed by atoms with van der Waals surface area (Å²) in [4.78, 5) is 0. The van der Waals surface area contributed by atoms with Crippen LogP contribution in [-0.2, 0) is 6.42 Å². The zero-order valence-electron chi connectivity index (χ0n) is 10.4. The molecule has 0 aliphatic rings. The average Bonchev–Trinajstić information content (AvgIpc) is 2.21. The second-order valence-electron chi connectivity index (χ2n) is 4.27. The lowest BCUT2D eigenvalue weighted by Gasteiger charge is -2.21. The van der Waals surface area contributed by atoms with Crippen molar-refractivity contribution in [2.75, 3.05) is 6.54 Å². The summed E-state index contributed by atoms with van der Waals surface area (Å²) in [5.74, 6) is 0. The summed E-state index contributed by atoms with van der Waals surface area (Å²) >= 11 is 0. The van der Waals surface area contributed by atoms with Crippen molar-refractivity contribution in [3.63, 3.8) is 0 Å². The number of halogens is 3. The normalized spacial score (nSPS) is 13.8. The number of rotatable bonds is 4. The maximum Gasteiger partial charge on any atom is 0.404 e. The Morgan fingerprint density at radius 3 is 2.29 bits per heavy atom. The number of hydrogen-bond donors (Lipinski definition) is 1. The van der Waals surface area contributed by atoms with E-state index in [1.165, 1.54) is 0 Å². The first kappa shape index (κ1) is 14.0. The highest BCUT2D eigenvalue weighted by atomic mass is 19.4. The summed E-state index contributed by atoms with van der Waals surface area (Å²) in [5.41, 5.74) is 2.84. The number of aryl methyl sites for hydroxylation is 2. The van der Waals surface area contributed by atoms with Gasteiger partial charge in [-0.25, -0.2) is 0 Å². The largest absolute Gasteiger partial charge is 0.404 e. The summed E-state index contributed by atoms with van der Waals surface area (Å²) in [6, 6.07) is 3.99. The van der Waals surface area contributed by atoms with Gasteiger partial charge in [-0.3, -0.25) is 0 Å². The lowest BCUT2D eigenvalue weighted by atomic mass is 10.0. The molecule has 0 aliphatic carbocycles. The van der Waals surface area contributed by atoms with Gasteiger partial charge in [0.15, 0.2) is 0 Å². The third kappa shape index (κ3) is 4.04. The zero-order chi connectivity index (χ0) is 13.1. The number of likely N-dealkylation sites (N-methyl/N-ethyl adjacent to an activating group) is 1. The topological polar surface area (TPSA) is 12.0 Å². The minimum absolute atomic E-state index is 0.0154. The highest BCUT2D eigenvalue weighted by molar-refractivity contribution is 5.30. The quantitative estimate of drug-likeness (QED) is 0.857. The molecule has 0 radical (unpaired) electrons. The highest BCUT2D eigenvalue weighted by Gasteiger charge is 2.38. The molecule has 0 heterocycles. The van der Waals surface area contributed by atoms with E-state index in [1.807, 2.05) is 26.0 Å². The molecule has 17 heavy (non-hydrogen) atoms. The number of hydrogen-bond acceptors (Lipinski definition) is 1. The second-order valence-corrected chi connectivity index (χ2v) is 4.27. The van der Waals surface area contributed by atoms with Gasteiger partial charge >= 0.3 is 6.18 Å². The highest BCUT2D eigenvalue weighted by Crippen LogP contribution is 2.23. The van der Waals surface area contributed by atoms with E-state index in [1.54, 1.807) is 13.0 Å². The van der Waals surface area contributed by atoms with Gasteiger partial charge in [0.05, 0.1) is 0 Å². The lowest BCUT2D eigenvalue weighted by Crippen LogP contribution is -2.43. The Hall–Kier alpha value is -1.03. The van der Waals surface area contributed by atoms with Crippen LogP contribution in [0.25, 0.3) is 0 Å². The Morgan fingerprint density at radius 1 is 1.18 bits per heavy atom. The van der Waals surface area contributed by atoms with E-state index in [9.17, 15) is 13.2 Å². The molecule has 1 N–H and O–H groups in total. The van der Waals surface area contributed by atoms with Gasteiger partial charge in [-0.15, -0.1) is 0 Å². The Labute approximate surface area is 100 Å². The predicted octanol–water partition coefficient (Wildman–Crippen LogP) is 3.39. The molecule has 0 aliphatic heterocycles. The third-order valence-electron chi connectivity index (χ3n) is 2.86. The van der Waals surface area contributed by atoms with Gasteiger partial charge in [-0.1, -0.05) is 25.1 Å². The SMILES string of the molecule is CCNC(Cc1ccc(C)c(C)c1)C(F)(F)F. The molecule has 0 fully saturated rings. The molecule has 0 bridgehead atoms. The van der Waals surface area contributed by atoms with Gasteiger partial charge in [0, 0.05) is 0 Å². The van der Waals surface area contributed by atoms with Crippen LogP contribution >= 0.6 is 0 Å². The second kappa shape index (κ2) is 5.54. The minimum atomic E-state index is -4.20. The van der Waals surface area contributed by atoms with Crippen LogP contribution in [0.5, 0.6) is 0 Å². The Balaban J connectivity index is 2.82. The van der Waals surface area contributed by atoms with Gasteiger partial charge in [0.1, 0.15) is 6.04 Å². The van der Waals surface area contributed by atoms with Gasteiger partial charge in [0.2, 0.25) is 0 Å². The fourth-order valence-corrected chi connectivity index (χ4v) is 1.72. The standard InChI is InChI=1S/C13H18F3N/c1-4-17-12(13(14,15)16)8-11-6-5-9(2)10(3)7-11/h5-7,12,17H,4,8H2,1-3H3. The maximum absolute atomic E-state index is 12.7. The average molecular weight is 245 g/mol. The molecule has 1 unspecified atom stereocenters. The van der Waals surface area contributed by atoms with E-state index in [0.29, 0.717) is 6.54 Å². The van der Waals surface area contributed by atoms with Crippen LogP contribution < -0.4 is 5.32 Å². The number of benzene rings is 1. The summed E-state index contributed by atoms with van der Waals surface area (Å²) in [6.45, 7) is 5.85. The molecular formula is C13H18F3N. The molecule has 0 spiro atoms. The van der Waals surface area contributed by atoms with E-state index in [-0.39, 0.29) is 6.42 Å². The van der Waals surface area contributed by atoms with Crippen molar-refractivity contribution in [3.05, 3.63) is 34.9 Å². The van der Waals surface area contributed by atoms with Gasteiger partial charge in [-0.05, 0) is 43.5 Å². The predicted molar refractivity (Wildman–Crippen MR) is 63.1 cm³/mol. The number of nitrogens with one attached hydrogen (secondary N) is 1. The first-order chi connectivity index (χ1) is 7.84. The maximum atomic E-state index is 12.7. The van der Waals surface area contributed by atoms with Crippen LogP contribution in [0, 0.1) is 13.8 Å². The van der Waals surface area contributed by atoms with Crippen LogP contribution in [0.15, 0.2) is 18.2 Å². The molecule has 1 atom stereocenters. The first-order valence-electron chi connectivity index (χ1n) is 5.70. The van der Waals surface area contributed by atoms with Crippen LogP contribution in [0.1, 0.15) is 23.6 Å². The van der Waals surface area contributed by atoms with E-state index in [2.05, 4.69) is 5.32 Å². The molecule has 0 aromatic heterocycles. The van der Waals surface area contributed by atoms with Crippen molar-refractivity contribution >= 4 is 0 Å². The zero-order valence-corrected chi connectivity index (χ0v) is 10.4. The molecular weight excluding hydrogens is 227 g/mol. The summed E-state index contributed by atoms with van der Waals surface area (Å²) in [6.07, 6.45) is -4.22. The van der Waals surface area contributed by atoms with Crippen LogP contribution in [0.4, 0.5) is 13.2 Å². The molecule has 1 nitrogen and oxygen atoms in total. The van der Waals surface area contributed by atoms with E-state index < -0.39 is 12.2 Å². The first-order valence-corrected chi connectivity index (χ1v) is 5.70. The van der Waals surface area contributed by atoms with Crippen molar-refractivity contribution in [1.29, 1.82) is 0 Å². The van der Waals surface area contributed by atoms with Crippen molar-refractivity contribution in [1.82, 2.24) is 5.32 Å². The fraction of sp³-hybridized carbons (Fsp3) is 0.538. The van der Waals surface area contributed by atoms with Crippen LogP contribution in [-0.4, -0.2) is 18.8 Å². The van der Waals surface area contributed by atoms with E-state index >= 15 is 0 Å². The Kier molecular flexibility index (Phi) is 4.57. The minimum Gasteiger partial charge on any atom is -0.306 e. The molecule has 0 saturated carbocycles. The molecule has 0 saturated heterocycles. The van der Waals surface area contributed by atoms with E-state index in [4.69, 9.17) is 0 Å². The van der Waals surface area contributed by atoms with Crippen LogP contribution in [0.3, 0.4) is 0 Å². The van der Waals surface area contributed by atoms with Gasteiger partial charge in [0.25, 0.3) is 0 Å². The molecule has 4 heteroatoms. The lowest BCUT2D eigenvalue weighted by molar-refractivity contribution is -0.155. The summed E-state index contributed by atoms with van der Waals surface area (Å²) in [7, 11) is 0. The molecule has 1 rings (SSSR count). The van der Waals surface area contributed by atoms with Crippen molar-refractivity contribution in [2.45, 2.75) is 39.4 Å². The van der Waals surface area contributed by atoms with Crippen molar-refractivity contribution < 1.29 is 13.2 Å². The van der Waals surface area contributed by atoms with Gasteiger partial charge < -0.3 is 5.32 Å². The van der Waals surface area contributed by atoms with Crippen molar-refractivity contribution in [2.24, 2.45) is 0 Å². The molecule has 1 aromatic rings. The Morgan fingerprint density at radius 2 is 1.82 bits per heavy atom. The summed E-state index contributed by atoms with van der Waals surface area (Å²) in [5, 5.41) is 2.48.